The molecule has 2 rings (SSSR count). The zero-order valence-electron chi connectivity index (χ0n) is 6.89. The number of alkyl halides is 3. The first-order valence-electron chi connectivity index (χ1n) is 3.78. The van der Waals surface area contributed by atoms with Crippen molar-refractivity contribution >= 4 is 24.2 Å². The van der Waals surface area contributed by atoms with E-state index in [1.807, 2.05) is 0 Å². The fraction of sp³-hybridized carbons (Fsp3) is 0.125. The van der Waals surface area contributed by atoms with E-state index in [9.17, 15) is 13.2 Å². The third-order valence-electron chi connectivity index (χ3n) is 1.91. The third-order valence-corrected chi connectivity index (χ3v) is 1.91. The van der Waals surface area contributed by atoms with Gasteiger partial charge in [0.2, 0.25) is 0 Å². The highest BCUT2D eigenvalue weighted by molar-refractivity contribution is 6.38. The van der Waals surface area contributed by atoms with Crippen LogP contribution in [0.25, 0.3) is 10.9 Å². The van der Waals surface area contributed by atoms with Crippen LogP contribution in [0.2, 0.25) is 0 Å². The maximum Gasteiger partial charge on any atom is 0.416 e. The number of aromatic amines is 1. The quantitative estimate of drug-likeness (QED) is 0.633. The molecule has 70 valence electrons. The summed E-state index contributed by atoms with van der Waals surface area (Å²) < 4.78 is 36.9. The predicted molar refractivity (Wildman–Crippen MR) is 46.5 cm³/mol. The van der Waals surface area contributed by atoms with Crippen molar-refractivity contribution in [2.24, 2.45) is 0 Å². The van der Waals surface area contributed by atoms with E-state index < -0.39 is 11.7 Å². The first kappa shape index (κ1) is 9.11. The van der Waals surface area contributed by atoms with Crippen molar-refractivity contribution in [3.63, 3.8) is 0 Å². The Morgan fingerprint density at radius 3 is 2.64 bits per heavy atom. The van der Waals surface area contributed by atoms with E-state index in [4.69, 9.17) is 7.85 Å². The van der Waals surface area contributed by atoms with Crippen molar-refractivity contribution in [2.75, 3.05) is 0 Å². The topological polar surface area (TPSA) is 28.7 Å². The second kappa shape index (κ2) is 2.77. The van der Waals surface area contributed by atoms with Gasteiger partial charge in [0.05, 0.1) is 17.3 Å². The summed E-state index contributed by atoms with van der Waals surface area (Å²) in [5.74, 6) is 0. The van der Waals surface area contributed by atoms with Gasteiger partial charge in [-0.15, -0.1) is 0 Å². The molecule has 0 aliphatic heterocycles. The maximum absolute atomic E-state index is 12.3. The zero-order chi connectivity index (χ0) is 10.3. The molecule has 1 aromatic heterocycles. The summed E-state index contributed by atoms with van der Waals surface area (Å²) in [4.78, 5) is 0. The molecule has 2 radical (unpaired) electrons. The van der Waals surface area contributed by atoms with E-state index in [-0.39, 0.29) is 5.46 Å². The summed E-state index contributed by atoms with van der Waals surface area (Å²) >= 11 is 0. The van der Waals surface area contributed by atoms with E-state index >= 15 is 0 Å². The Bertz CT molecular complexity index is 475. The molecular formula is C8H4BF3N2. The van der Waals surface area contributed by atoms with Crippen molar-refractivity contribution in [3.05, 3.63) is 23.9 Å². The van der Waals surface area contributed by atoms with Crippen LogP contribution in [-0.2, 0) is 6.18 Å². The molecule has 1 heterocycles. The van der Waals surface area contributed by atoms with Crippen molar-refractivity contribution in [1.82, 2.24) is 10.2 Å². The predicted octanol–water partition coefficient (Wildman–Crippen LogP) is 1.38. The van der Waals surface area contributed by atoms with Crippen LogP contribution >= 0.6 is 0 Å². The summed E-state index contributed by atoms with van der Waals surface area (Å²) in [5, 5.41) is 6.50. The van der Waals surface area contributed by atoms with E-state index in [0.29, 0.717) is 10.9 Å². The summed E-state index contributed by atoms with van der Waals surface area (Å²) in [6.45, 7) is 0. The lowest BCUT2D eigenvalue weighted by atomic mass is 9.91. The Balaban J connectivity index is 2.70. The van der Waals surface area contributed by atoms with Crippen LogP contribution in [-0.4, -0.2) is 18.0 Å². The van der Waals surface area contributed by atoms with Gasteiger partial charge in [-0.2, -0.15) is 18.3 Å². The minimum Gasteiger partial charge on any atom is -0.278 e. The monoisotopic (exact) mass is 196 g/mol. The van der Waals surface area contributed by atoms with Crippen LogP contribution in [0, 0.1) is 0 Å². The number of hydrogen-bond donors (Lipinski definition) is 1. The molecule has 0 fully saturated rings. The van der Waals surface area contributed by atoms with Gasteiger partial charge in [0.25, 0.3) is 0 Å². The SMILES string of the molecule is [B]c1cc(C(F)(F)F)cc2cn[nH]c12. The Labute approximate surface area is 78.5 Å². The number of fused-ring (bicyclic) bond motifs is 1. The number of halogens is 3. The van der Waals surface area contributed by atoms with Gasteiger partial charge in [0, 0.05) is 5.39 Å². The largest absolute Gasteiger partial charge is 0.416 e. The first-order chi connectivity index (χ1) is 6.48. The average molecular weight is 196 g/mol. The molecule has 14 heavy (non-hydrogen) atoms. The molecule has 0 aliphatic carbocycles. The van der Waals surface area contributed by atoms with Crippen molar-refractivity contribution < 1.29 is 13.2 Å². The number of benzene rings is 1. The first-order valence-corrected chi connectivity index (χ1v) is 3.78. The summed E-state index contributed by atoms with van der Waals surface area (Å²) in [5.41, 5.74) is -0.283. The zero-order valence-corrected chi connectivity index (χ0v) is 6.89. The Hall–Kier alpha value is -1.46. The van der Waals surface area contributed by atoms with Gasteiger partial charge in [0.15, 0.2) is 0 Å². The second-order valence-corrected chi connectivity index (χ2v) is 2.90. The number of rotatable bonds is 0. The molecule has 0 unspecified atom stereocenters. The average Bonchev–Trinajstić information content (AvgIpc) is 2.50. The van der Waals surface area contributed by atoms with E-state index in [1.54, 1.807) is 0 Å². The fourth-order valence-electron chi connectivity index (χ4n) is 1.25. The summed E-state index contributed by atoms with van der Waals surface area (Å²) in [6, 6.07) is 1.90. The normalized spacial score (nSPS) is 12.2. The molecule has 0 bridgehead atoms. The van der Waals surface area contributed by atoms with Gasteiger partial charge in [-0.1, -0.05) is 11.5 Å². The van der Waals surface area contributed by atoms with Crippen molar-refractivity contribution in [2.45, 2.75) is 6.18 Å². The van der Waals surface area contributed by atoms with Crippen LogP contribution < -0.4 is 5.46 Å². The second-order valence-electron chi connectivity index (χ2n) is 2.90. The molecule has 0 saturated carbocycles. The van der Waals surface area contributed by atoms with Gasteiger partial charge >= 0.3 is 6.18 Å². The highest BCUT2D eigenvalue weighted by atomic mass is 19.4. The molecule has 0 aliphatic rings. The lowest BCUT2D eigenvalue weighted by Gasteiger charge is -2.07. The van der Waals surface area contributed by atoms with Crippen molar-refractivity contribution in [3.8, 4) is 0 Å². The van der Waals surface area contributed by atoms with E-state index in [1.165, 1.54) is 6.20 Å². The van der Waals surface area contributed by atoms with E-state index in [0.717, 1.165) is 12.1 Å². The number of aromatic nitrogens is 2. The third kappa shape index (κ3) is 1.36. The van der Waals surface area contributed by atoms with Crippen LogP contribution in [0.4, 0.5) is 13.2 Å². The Morgan fingerprint density at radius 2 is 2.00 bits per heavy atom. The van der Waals surface area contributed by atoms with Gasteiger partial charge in [-0.3, -0.25) is 5.10 Å². The number of nitrogens with zero attached hydrogens (tertiary/aromatic N) is 1. The molecule has 2 nitrogen and oxygen atoms in total. The van der Waals surface area contributed by atoms with Crippen LogP contribution in [0.15, 0.2) is 18.3 Å². The molecular weight excluding hydrogens is 192 g/mol. The molecule has 1 N–H and O–H groups in total. The molecule has 0 saturated heterocycles. The Morgan fingerprint density at radius 1 is 1.29 bits per heavy atom. The van der Waals surface area contributed by atoms with Gasteiger partial charge in [-0.25, -0.2) is 0 Å². The molecule has 2 aromatic rings. The lowest BCUT2D eigenvalue weighted by molar-refractivity contribution is -0.137. The number of nitrogens with one attached hydrogen (secondary N) is 1. The summed E-state index contributed by atoms with van der Waals surface area (Å²) in [7, 11) is 5.43. The molecule has 0 spiro atoms. The Kier molecular flexibility index (Phi) is 1.80. The maximum atomic E-state index is 12.3. The number of hydrogen-bond acceptors (Lipinski definition) is 1. The number of H-pyrrole nitrogens is 1. The molecule has 0 amide bonds. The highest BCUT2D eigenvalue weighted by Gasteiger charge is 2.30. The minimum absolute atomic E-state index is 0.0484. The lowest BCUT2D eigenvalue weighted by Crippen LogP contribution is -2.12. The van der Waals surface area contributed by atoms with E-state index in [2.05, 4.69) is 10.2 Å². The van der Waals surface area contributed by atoms with Crippen molar-refractivity contribution in [1.29, 1.82) is 0 Å². The molecule has 1 aromatic carbocycles. The minimum atomic E-state index is -4.38. The highest BCUT2D eigenvalue weighted by Crippen LogP contribution is 2.30. The van der Waals surface area contributed by atoms with Gasteiger partial charge in [-0.05, 0) is 6.07 Å². The van der Waals surface area contributed by atoms with Gasteiger partial charge in [0.1, 0.15) is 7.85 Å². The molecule has 6 heteroatoms. The van der Waals surface area contributed by atoms with Crippen LogP contribution in [0.5, 0.6) is 0 Å². The molecule has 0 atom stereocenters. The smallest absolute Gasteiger partial charge is 0.278 e. The van der Waals surface area contributed by atoms with Crippen LogP contribution in [0.1, 0.15) is 5.56 Å². The van der Waals surface area contributed by atoms with Gasteiger partial charge < -0.3 is 0 Å². The standard InChI is InChI=1S/C8H4BF3N2/c9-6-2-5(8(10,11)12)1-4-3-13-14-7(4)6/h1-3H,(H,13,14). The fourth-order valence-corrected chi connectivity index (χ4v) is 1.25. The van der Waals surface area contributed by atoms with Crippen LogP contribution in [0.3, 0.4) is 0 Å². The summed E-state index contributed by atoms with van der Waals surface area (Å²) in [6.07, 6.45) is -3.07.